The lowest BCUT2D eigenvalue weighted by Crippen LogP contribution is -2.19. The predicted octanol–water partition coefficient (Wildman–Crippen LogP) is 4.54. The van der Waals surface area contributed by atoms with Crippen LogP contribution < -0.4 is 16.0 Å². The number of imidazole rings is 1. The molecule has 2 aromatic heterocycles. The van der Waals surface area contributed by atoms with E-state index in [4.69, 9.17) is 0 Å². The Kier molecular flexibility index (Phi) is 4.94. The standard InChI is InChI=1S/C22H19N5O2/c1-15-7-9-18(25-22(29)24-17-5-3-2-4-6-17)13-19(15)26-21(28)16-8-10-20-23-11-12-27(20)14-16/h2-14H,1H3,(H,26,28)(H2,24,25,29). The summed E-state index contributed by atoms with van der Waals surface area (Å²) in [6, 6.07) is 17.7. The van der Waals surface area contributed by atoms with Gasteiger partial charge in [0.05, 0.1) is 5.56 Å². The number of benzene rings is 2. The molecule has 0 saturated heterocycles. The van der Waals surface area contributed by atoms with Gasteiger partial charge >= 0.3 is 6.03 Å². The number of carbonyl (C=O) groups excluding carboxylic acids is 2. The molecule has 0 radical (unpaired) electrons. The fourth-order valence-electron chi connectivity index (χ4n) is 2.90. The summed E-state index contributed by atoms with van der Waals surface area (Å²) in [6.07, 6.45) is 5.19. The van der Waals surface area contributed by atoms with Crippen LogP contribution in [0.15, 0.2) is 79.3 Å². The van der Waals surface area contributed by atoms with E-state index in [0.29, 0.717) is 22.6 Å². The molecule has 29 heavy (non-hydrogen) atoms. The van der Waals surface area contributed by atoms with Gasteiger partial charge in [0.2, 0.25) is 0 Å². The highest BCUT2D eigenvalue weighted by Gasteiger charge is 2.11. The molecule has 4 aromatic rings. The van der Waals surface area contributed by atoms with Gasteiger partial charge in [-0.3, -0.25) is 4.79 Å². The van der Waals surface area contributed by atoms with Crippen molar-refractivity contribution in [3.8, 4) is 0 Å². The Morgan fingerprint density at radius 3 is 2.52 bits per heavy atom. The van der Waals surface area contributed by atoms with Gasteiger partial charge in [0.25, 0.3) is 5.91 Å². The molecule has 0 unspecified atom stereocenters. The van der Waals surface area contributed by atoms with Gasteiger partial charge in [-0.25, -0.2) is 9.78 Å². The second-order valence-corrected chi connectivity index (χ2v) is 6.54. The van der Waals surface area contributed by atoms with E-state index in [1.807, 2.05) is 31.2 Å². The highest BCUT2D eigenvalue weighted by Crippen LogP contribution is 2.21. The first-order chi connectivity index (χ1) is 14.1. The van der Waals surface area contributed by atoms with Gasteiger partial charge in [0.15, 0.2) is 0 Å². The van der Waals surface area contributed by atoms with Crippen LogP contribution >= 0.6 is 0 Å². The van der Waals surface area contributed by atoms with Gasteiger partial charge in [0, 0.05) is 35.7 Å². The zero-order chi connectivity index (χ0) is 20.2. The first kappa shape index (κ1) is 18.2. The molecule has 0 fully saturated rings. The summed E-state index contributed by atoms with van der Waals surface area (Å²) in [5.74, 6) is -0.241. The maximum absolute atomic E-state index is 12.7. The number of fused-ring (bicyclic) bond motifs is 1. The van der Waals surface area contributed by atoms with Gasteiger partial charge in [-0.2, -0.15) is 0 Å². The second kappa shape index (κ2) is 7.85. The van der Waals surface area contributed by atoms with Crippen LogP contribution in [0.3, 0.4) is 0 Å². The van der Waals surface area contributed by atoms with Crippen LogP contribution in [0.2, 0.25) is 0 Å². The van der Waals surface area contributed by atoms with Crippen molar-refractivity contribution in [2.24, 2.45) is 0 Å². The molecule has 3 amide bonds. The fourth-order valence-corrected chi connectivity index (χ4v) is 2.90. The van der Waals surface area contributed by atoms with Crippen LogP contribution in [0.5, 0.6) is 0 Å². The van der Waals surface area contributed by atoms with Crippen molar-refractivity contribution >= 4 is 34.6 Å². The van der Waals surface area contributed by atoms with E-state index in [1.54, 1.807) is 59.4 Å². The van der Waals surface area contributed by atoms with Crippen molar-refractivity contribution in [3.63, 3.8) is 0 Å². The van der Waals surface area contributed by atoms with Crippen LogP contribution in [-0.2, 0) is 0 Å². The zero-order valence-electron chi connectivity index (χ0n) is 15.7. The highest BCUT2D eigenvalue weighted by molar-refractivity contribution is 6.05. The third kappa shape index (κ3) is 4.24. The van der Waals surface area contributed by atoms with Gasteiger partial charge in [-0.15, -0.1) is 0 Å². The minimum absolute atomic E-state index is 0.241. The number of para-hydroxylation sites is 1. The molecule has 0 spiro atoms. The van der Waals surface area contributed by atoms with Crippen molar-refractivity contribution in [2.75, 3.05) is 16.0 Å². The van der Waals surface area contributed by atoms with E-state index >= 15 is 0 Å². The zero-order valence-corrected chi connectivity index (χ0v) is 15.7. The Morgan fingerprint density at radius 2 is 1.69 bits per heavy atom. The lowest BCUT2D eigenvalue weighted by atomic mass is 10.1. The Morgan fingerprint density at radius 1 is 0.897 bits per heavy atom. The summed E-state index contributed by atoms with van der Waals surface area (Å²) in [7, 11) is 0. The van der Waals surface area contributed by atoms with Gasteiger partial charge < -0.3 is 20.4 Å². The van der Waals surface area contributed by atoms with Crippen LogP contribution in [0.1, 0.15) is 15.9 Å². The number of nitrogens with zero attached hydrogens (tertiary/aromatic N) is 2. The second-order valence-electron chi connectivity index (χ2n) is 6.54. The summed E-state index contributed by atoms with van der Waals surface area (Å²) < 4.78 is 1.79. The molecular weight excluding hydrogens is 366 g/mol. The number of hydrogen-bond acceptors (Lipinski definition) is 3. The summed E-state index contributed by atoms with van der Waals surface area (Å²) in [6.45, 7) is 1.89. The molecule has 0 aliphatic rings. The monoisotopic (exact) mass is 385 g/mol. The van der Waals surface area contributed by atoms with Crippen molar-refractivity contribution < 1.29 is 9.59 Å². The molecule has 144 valence electrons. The third-order valence-electron chi connectivity index (χ3n) is 4.43. The van der Waals surface area contributed by atoms with Crippen LogP contribution in [0.25, 0.3) is 5.65 Å². The van der Waals surface area contributed by atoms with Crippen molar-refractivity contribution in [1.29, 1.82) is 0 Å². The number of aryl methyl sites for hydroxylation is 1. The molecule has 0 bridgehead atoms. The average molecular weight is 385 g/mol. The predicted molar refractivity (Wildman–Crippen MR) is 113 cm³/mol. The van der Waals surface area contributed by atoms with Crippen molar-refractivity contribution in [1.82, 2.24) is 9.38 Å². The first-order valence-electron chi connectivity index (χ1n) is 9.06. The summed E-state index contributed by atoms with van der Waals surface area (Å²) in [4.78, 5) is 29.0. The lowest BCUT2D eigenvalue weighted by molar-refractivity contribution is 0.102. The Hall–Kier alpha value is -4.13. The first-order valence-corrected chi connectivity index (χ1v) is 9.06. The molecule has 2 heterocycles. The summed E-state index contributed by atoms with van der Waals surface area (Å²) >= 11 is 0. The minimum atomic E-state index is -0.358. The largest absolute Gasteiger partial charge is 0.323 e. The molecule has 7 nitrogen and oxygen atoms in total. The topological polar surface area (TPSA) is 87.5 Å². The number of amides is 3. The highest BCUT2D eigenvalue weighted by atomic mass is 16.2. The molecule has 3 N–H and O–H groups in total. The molecule has 7 heteroatoms. The number of urea groups is 1. The van der Waals surface area contributed by atoms with E-state index in [0.717, 1.165) is 11.2 Å². The van der Waals surface area contributed by atoms with Crippen molar-refractivity contribution in [3.05, 3.63) is 90.4 Å². The maximum Gasteiger partial charge on any atom is 0.323 e. The fraction of sp³-hybridized carbons (Fsp3) is 0.0455. The SMILES string of the molecule is Cc1ccc(NC(=O)Nc2ccccc2)cc1NC(=O)c1ccc2nccn2c1. The van der Waals surface area contributed by atoms with E-state index in [1.165, 1.54) is 0 Å². The Balaban J connectivity index is 1.47. The molecule has 0 aliphatic carbocycles. The number of hydrogen-bond donors (Lipinski definition) is 3. The average Bonchev–Trinajstić information content (AvgIpc) is 3.19. The number of nitrogens with one attached hydrogen (secondary N) is 3. The molecule has 2 aromatic carbocycles. The molecule has 0 aliphatic heterocycles. The number of carbonyl (C=O) groups is 2. The van der Waals surface area contributed by atoms with Crippen LogP contribution in [0.4, 0.5) is 21.9 Å². The van der Waals surface area contributed by atoms with Crippen molar-refractivity contribution in [2.45, 2.75) is 6.92 Å². The lowest BCUT2D eigenvalue weighted by Gasteiger charge is -2.12. The number of rotatable bonds is 4. The quantitative estimate of drug-likeness (QED) is 0.482. The number of aromatic nitrogens is 2. The van der Waals surface area contributed by atoms with Crippen LogP contribution in [-0.4, -0.2) is 21.3 Å². The third-order valence-corrected chi connectivity index (χ3v) is 4.43. The van der Waals surface area contributed by atoms with Crippen LogP contribution in [0, 0.1) is 6.92 Å². The molecule has 4 rings (SSSR count). The minimum Gasteiger partial charge on any atom is -0.322 e. The van der Waals surface area contributed by atoms with E-state index < -0.39 is 0 Å². The van der Waals surface area contributed by atoms with E-state index in [9.17, 15) is 9.59 Å². The summed E-state index contributed by atoms with van der Waals surface area (Å²) in [5, 5.41) is 8.44. The Labute approximate surface area is 167 Å². The maximum atomic E-state index is 12.7. The molecule has 0 saturated carbocycles. The number of anilines is 3. The number of pyridine rings is 1. The molecule has 0 atom stereocenters. The van der Waals surface area contributed by atoms with E-state index in [-0.39, 0.29) is 11.9 Å². The molecular formula is C22H19N5O2. The summed E-state index contributed by atoms with van der Waals surface area (Å²) in [5.41, 5.74) is 4.06. The van der Waals surface area contributed by atoms with Gasteiger partial charge in [-0.05, 0) is 48.9 Å². The Bertz CT molecular complexity index is 1180. The smallest absolute Gasteiger partial charge is 0.322 e. The van der Waals surface area contributed by atoms with E-state index in [2.05, 4.69) is 20.9 Å². The van der Waals surface area contributed by atoms with Gasteiger partial charge in [-0.1, -0.05) is 24.3 Å². The van der Waals surface area contributed by atoms with Gasteiger partial charge in [0.1, 0.15) is 5.65 Å². The normalized spacial score (nSPS) is 10.5.